The molecule has 7 nitrogen and oxygen atoms in total. The summed E-state index contributed by atoms with van der Waals surface area (Å²) in [7, 11) is 1.83. The highest BCUT2D eigenvalue weighted by Crippen LogP contribution is 2.46. The predicted octanol–water partition coefficient (Wildman–Crippen LogP) is 5.87. The van der Waals surface area contributed by atoms with Gasteiger partial charge in [0.2, 0.25) is 5.88 Å². The monoisotopic (exact) mass is 487 g/mol. The van der Waals surface area contributed by atoms with Gasteiger partial charge in [-0.3, -0.25) is 0 Å². The highest BCUT2D eigenvalue weighted by Gasteiger charge is 2.33. The zero-order valence-corrected chi connectivity index (χ0v) is 21.8. The Bertz CT molecular complexity index is 1020. The maximum Gasteiger partial charge on any atom is 0.410 e. The first-order valence-electron chi connectivity index (χ1n) is 12.3. The fourth-order valence-electron chi connectivity index (χ4n) is 4.86. The van der Waals surface area contributed by atoms with Gasteiger partial charge in [0.05, 0.1) is 18.6 Å². The minimum absolute atomic E-state index is 0.0859. The van der Waals surface area contributed by atoms with E-state index in [0.29, 0.717) is 25.0 Å². The standard InChI is InChI=1S/C26H37N3O4S/c1-6-7-14-31-15-17-8-13-20-21(17)22-23(27-16-28-24(22)34-20)32-19-11-9-18(10-12-19)29(5)25(30)33-26(2,3)4/h6-7,16-19H,8-15H2,1-5H3/t17-,18?,19?/m1/s1. The van der Waals surface area contributed by atoms with Gasteiger partial charge < -0.3 is 19.1 Å². The molecule has 2 aliphatic rings. The summed E-state index contributed by atoms with van der Waals surface area (Å²) in [5.74, 6) is 1.06. The summed E-state index contributed by atoms with van der Waals surface area (Å²) in [6.07, 6.45) is 11.2. The number of carbonyl (C=O) groups excluding carboxylic acids is 1. The number of allylic oxidation sites excluding steroid dienone is 1. The van der Waals surface area contributed by atoms with Crippen molar-refractivity contribution in [2.75, 3.05) is 20.3 Å². The van der Waals surface area contributed by atoms with Crippen molar-refractivity contribution in [3.8, 4) is 5.88 Å². The minimum atomic E-state index is -0.486. The zero-order chi connectivity index (χ0) is 24.3. The lowest BCUT2D eigenvalue weighted by atomic mass is 9.92. The molecule has 1 fully saturated rings. The molecular formula is C26H37N3O4S. The molecule has 2 aromatic rings. The van der Waals surface area contributed by atoms with Gasteiger partial charge in [-0.25, -0.2) is 14.8 Å². The molecule has 8 heteroatoms. The van der Waals surface area contributed by atoms with Crippen LogP contribution in [0, 0.1) is 0 Å². The molecule has 0 bridgehead atoms. The number of ether oxygens (including phenoxy) is 3. The van der Waals surface area contributed by atoms with Crippen LogP contribution < -0.4 is 4.74 Å². The molecule has 1 atom stereocenters. The highest BCUT2D eigenvalue weighted by atomic mass is 32.1. The lowest BCUT2D eigenvalue weighted by Crippen LogP contribution is -2.43. The largest absolute Gasteiger partial charge is 0.474 e. The molecule has 0 unspecified atom stereocenters. The third-order valence-electron chi connectivity index (χ3n) is 6.62. The van der Waals surface area contributed by atoms with E-state index in [4.69, 9.17) is 14.2 Å². The second kappa shape index (κ2) is 10.6. The van der Waals surface area contributed by atoms with Crippen LogP contribution in [0.5, 0.6) is 5.88 Å². The second-order valence-electron chi connectivity index (χ2n) is 10.3. The Morgan fingerprint density at radius 1 is 1.21 bits per heavy atom. The van der Waals surface area contributed by atoms with Crippen molar-refractivity contribution in [3.05, 3.63) is 28.9 Å². The maximum atomic E-state index is 12.4. The smallest absolute Gasteiger partial charge is 0.410 e. The molecule has 2 aliphatic carbocycles. The predicted molar refractivity (Wildman–Crippen MR) is 135 cm³/mol. The van der Waals surface area contributed by atoms with E-state index < -0.39 is 5.60 Å². The number of aromatic nitrogens is 2. The number of hydrogen-bond donors (Lipinski definition) is 0. The van der Waals surface area contributed by atoms with Gasteiger partial charge >= 0.3 is 6.09 Å². The van der Waals surface area contributed by atoms with Crippen molar-refractivity contribution in [1.29, 1.82) is 0 Å². The maximum absolute atomic E-state index is 12.4. The van der Waals surface area contributed by atoms with E-state index in [1.807, 2.05) is 46.9 Å². The number of fused-ring (bicyclic) bond motifs is 3. The summed E-state index contributed by atoms with van der Waals surface area (Å²) >= 11 is 1.76. The van der Waals surface area contributed by atoms with Gasteiger partial charge in [-0.15, -0.1) is 11.3 Å². The number of thiophene rings is 1. The van der Waals surface area contributed by atoms with Crippen molar-refractivity contribution >= 4 is 27.6 Å². The Morgan fingerprint density at radius 3 is 2.68 bits per heavy atom. The second-order valence-corrected chi connectivity index (χ2v) is 11.4. The molecule has 0 spiro atoms. The van der Waals surface area contributed by atoms with Crippen molar-refractivity contribution < 1.29 is 19.0 Å². The first-order valence-corrected chi connectivity index (χ1v) is 13.2. The molecule has 186 valence electrons. The summed E-state index contributed by atoms with van der Waals surface area (Å²) in [5, 5.41) is 1.08. The average Bonchev–Trinajstić information content (AvgIpc) is 3.35. The molecule has 0 aliphatic heterocycles. The Labute approximate surface area is 206 Å². The average molecular weight is 488 g/mol. The number of carbonyl (C=O) groups is 1. The van der Waals surface area contributed by atoms with Gasteiger partial charge in [0.15, 0.2) is 0 Å². The summed E-state index contributed by atoms with van der Waals surface area (Å²) in [6, 6.07) is 0.171. The minimum Gasteiger partial charge on any atom is -0.474 e. The fourth-order valence-corrected chi connectivity index (χ4v) is 6.09. The third-order valence-corrected chi connectivity index (χ3v) is 7.79. The summed E-state index contributed by atoms with van der Waals surface area (Å²) in [5.41, 5.74) is 0.842. The molecule has 0 aromatic carbocycles. The topological polar surface area (TPSA) is 73.8 Å². The van der Waals surface area contributed by atoms with E-state index in [-0.39, 0.29) is 18.2 Å². The lowest BCUT2D eigenvalue weighted by Gasteiger charge is -2.35. The Balaban J connectivity index is 1.41. The molecule has 4 rings (SSSR count). The van der Waals surface area contributed by atoms with Gasteiger partial charge in [0, 0.05) is 23.9 Å². The van der Waals surface area contributed by atoms with Gasteiger partial charge in [-0.1, -0.05) is 12.2 Å². The van der Waals surface area contributed by atoms with E-state index in [1.54, 1.807) is 22.6 Å². The SMILES string of the molecule is CC=CCOC[C@H]1CCc2sc3ncnc(OC4CCC(N(C)C(=O)OC(C)(C)C)CC4)c3c21. The molecule has 2 heterocycles. The molecule has 34 heavy (non-hydrogen) atoms. The number of amides is 1. The van der Waals surface area contributed by atoms with Crippen molar-refractivity contribution in [2.24, 2.45) is 0 Å². The molecule has 0 N–H and O–H groups in total. The Morgan fingerprint density at radius 2 is 1.97 bits per heavy atom. The van der Waals surface area contributed by atoms with Crippen LogP contribution in [0.15, 0.2) is 18.5 Å². The van der Waals surface area contributed by atoms with Crippen LogP contribution in [-0.4, -0.2) is 59.0 Å². The summed E-state index contributed by atoms with van der Waals surface area (Å²) in [4.78, 5) is 25.7. The van der Waals surface area contributed by atoms with Gasteiger partial charge in [-0.2, -0.15) is 0 Å². The van der Waals surface area contributed by atoms with E-state index in [0.717, 1.165) is 48.7 Å². The van der Waals surface area contributed by atoms with E-state index in [1.165, 1.54) is 10.4 Å². The van der Waals surface area contributed by atoms with Crippen LogP contribution in [-0.2, 0) is 15.9 Å². The van der Waals surface area contributed by atoms with E-state index in [2.05, 4.69) is 9.97 Å². The fraction of sp³-hybridized carbons (Fsp3) is 0.654. The Hall–Kier alpha value is -2.19. The Kier molecular flexibility index (Phi) is 7.77. The van der Waals surface area contributed by atoms with Crippen molar-refractivity contribution in [1.82, 2.24) is 14.9 Å². The number of nitrogens with zero attached hydrogens (tertiary/aromatic N) is 3. The van der Waals surface area contributed by atoms with Crippen LogP contribution in [0.4, 0.5) is 4.79 Å². The third kappa shape index (κ3) is 5.71. The van der Waals surface area contributed by atoms with Crippen LogP contribution in [0.2, 0.25) is 0 Å². The van der Waals surface area contributed by atoms with Crippen LogP contribution in [0.1, 0.15) is 76.2 Å². The molecule has 0 radical (unpaired) electrons. The molecule has 1 amide bonds. The molecular weight excluding hydrogens is 450 g/mol. The van der Waals surface area contributed by atoms with Gasteiger partial charge in [0.1, 0.15) is 22.9 Å². The van der Waals surface area contributed by atoms with E-state index in [9.17, 15) is 4.79 Å². The molecule has 1 saturated carbocycles. The number of hydrogen-bond acceptors (Lipinski definition) is 7. The molecule has 2 aromatic heterocycles. The zero-order valence-electron chi connectivity index (χ0n) is 21.0. The number of rotatable bonds is 7. The van der Waals surface area contributed by atoms with Gasteiger partial charge in [0.25, 0.3) is 0 Å². The van der Waals surface area contributed by atoms with Crippen LogP contribution in [0.25, 0.3) is 10.2 Å². The van der Waals surface area contributed by atoms with Crippen molar-refractivity contribution in [3.63, 3.8) is 0 Å². The van der Waals surface area contributed by atoms with Crippen LogP contribution in [0.3, 0.4) is 0 Å². The first-order chi connectivity index (χ1) is 16.3. The first kappa shape index (κ1) is 24.9. The summed E-state index contributed by atoms with van der Waals surface area (Å²) in [6.45, 7) is 9.04. The lowest BCUT2D eigenvalue weighted by molar-refractivity contribution is 0.0137. The normalized spacial score (nSPS) is 22.8. The summed E-state index contributed by atoms with van der Waals surface area (Å²) < 4.78 is 17.9. The quantitative estimate of drug-likeness (QED) is 0.359. The number of aryl methyl sites for hydroxylation is 1. The van der Waals surface area contributed by atoms with E-state index >= 15 is 0 Å². The van der Waals surface area contributed by atoms with Crippen LogP contribution >= 0.6 is 11.3 Å². The van der Waals surface area contributed by atoms with Crippen molar-refractivity contribution in [2.45, 2.75) is 89.9 Å². The van der Waals surface area contributed by atoms with Gasteiger partial charge in [-0.05, 0) is 71.8 Å². The highest BCUT2D eigenvalue weighted by molar-refractivity contribution is 7.19. The molecule has 0 saturated heterocycles.